The average Bonchev–Trinajstić information content (AvgIpc) is 3.24. The van der Waals surface area contributed by atoms with Crippen LogP contribution in [0.5, 0.6) is 0 Å². The highest BCUT2D eigenvalue weighted by molar-refractivity contribution is 7.16. The Morgan fingerprint density at radius 2 is 1.96 bits per heavy atom. The largest absolute Gasteiger partial charge is 0.372 e. The van der Waals surface area contributed by atoms with Gasteiger partial charge < -0.3 is 5.32 Å². The lowest BCUT2D eigenvalue weighted by atomic mass is 10.2. The molecule has 3 heterocycles. The van der Waals surface area contributed by atoms with Crippen molar-refractivity contribution in [3.8, 4) is 22.4 Å². The Balaban J connectivity index is 1.72. The summed E-state index contributed by atoms with van der Waals surface area (Å²) in [6.45, 7) is 0. The van der Waals surface area contributed by atoms with Crippen LogP contribution < -0.4 is 5.32 Å². The molecular weight excluding hydrogens is 316 g/mol. The van der Waals surface area contributed by atoms with E-state index in [9.17, 15) is 0 Å². The Morgan fingerprint density at radius 1 is 1.08 bits per heavy atom. The van der Waals surface area contributed by atoms with Gasteiger partial charge in [0.1, 0.15) is 11.5 Å². The van der Waals surface area contributed by atoms with Crippen LogP contribution in [0.1, 0.15) is 10.4 Å². The zero-order valence-corrected chi connectivity index (χ0v) is 13.8. The van der Waals surface area contributed by atoms with E-state index in [1.54, 1.807) is 23.7 Å². The van der Waals surface area contributed by atoms with E-state index in [-0.39, 0.29) is 0 Å². The number of nitrogens with zero attached hydrogens (tertiary/aromatic N) is 3. The van der Waals surface area contributed by atoms with E-state index < -0.39 is 0 Å². The average molecular weight is 330 g/mol. The van der Waals surface area contributed by atoms with Gasteiger partial charge in [-0.25, -0.2) is 4.98 Å². The van der Waals surface area contributed by atoms with Crippen LogP contribution in [0.25, 0.3) is 16.2 Å². The normalized spacial score (nSPS) is 10.4. The standard InChI is InChI=1S/C19H14N4S/c1-20-19-18(22-17-13-21-11-12-23(17)19)16-10-9-15(24-16)8-7-14-5-3-2-4-6-14/h2-6,9-13,20H,1H3. The lowest BCUT2D eigenvalue weighted by molar-refractivity contribution is 1.12. The monoisotopic (exact) mass is 330 g/mol. The summed E-state index contributed by atoms with van der Waals surface area (Å²) in [6.07, 6.45) is 5.42. The number of hydrogen-bond donors (Lipinski definition) is 1. The van der Waals surface area contributed by atoms with Crippen LogP contribution in [0.15, 0.2) is 61.1 Å². The molecular formula is C19H14N4S. The summed E-state index contributed by atoms with van der Waals surface area (Å²) in [4.78, 5) is 10.9. The molecule has 0 spiro atoms. The molecule has 4 rings (SSSR count). The van der Waals surface area contributed by atoms with Gasteiger partial charge in [0, 0.05) is 25.0 Å². The highest BCUT2D eigenvalue weighted by Crippen LogP contribution is 2.33. The first-order valence-corrected chi connectivity index (χ1v) is 8.34. The lowest BCUT2D eigenvalue weighted by Gasteiger charge is -2.01. The van der Waals surface area contributed by atoms with E-state index in [1.807, 2.05) is 54.0 Å². The van der Waals surface area contributed by atoms with Crippen molar-refractivity contribution in [2.45, 2.75) is 0 Å². The first-order valence-electron chi connectivity index (χ1n) is 7.52. The summed E-state index contributed by atoms with van der Waals surface area (Å²) in [6, 6.07) is 14.1. The number of anilines is 1. The van der Waals surface area contributed by atoms with Crippen molar-refractivity contribution in [1.82, 2.24) is 14.4 Å². The summed E-state index contributed by atoms with van der Waals surface area (Å²) in [7, 11) is 1.90. The first kappa shape index (κ1) is 14.5. The summed E-state index contributed by atoms with van der Waals surface area (Å²) >= 11 is 1.64. The van der Waals surface area contributed by atoms with Gasteiger partial charge in [0.05, 0.1) is 16.0 Å². The third kappa shape index (κ3) is 2.64. The minimum absolute atomic E-state index is 0.821. The lowest BCUT2D eigenvalue weighted by Crippen LogP contribution is -1.95. The molecule has 0 unspecified atom stereocenters. The summed E-state index contributed by atoms with van der Waals surface area (Å²) in [5.41, 5.74) is 2.76. The van der Waals surface area contributed by atoms with Crippen molar-refractivity contribution in [1.29, 1.82) is 0 Å². The molecule has 0 bridgehead atoms. The van der Waals surface area contributed by atoms with E-state index in [0.717, 1.165) is 32.5 Å². The molecule has 1 aromatic carbocycles. The minimum atomic E-state index is 0.821. The maximum Gasteiger partial charge on any atom is 0.157 e. The third-order valence-corrected chi connectivity index (χ3v) is 4.62. The molecule has 4 aromatic rings. The summed E-state index contributed by atoms with van der Waals surface area (Å²) in [5.74, 6) is 7.37. The van der Waals surface area contributed by atoms with Gasteiger partial charge in [-0.05, 0) is 24.3 Å². The van der Waals surface area contributed by atoms with Crippen molar-refractivity contribution in [3.63, 3.8) is 0 Å². The molecule has 24 heavy (non-hydrogen) atoms. The van der Waals surface area contributed by atoms with Crippen molar-refractivity contribution in [2.75, 3.05) is 12.4 Å². The van der Waals surface area contributed by atoms with Crippen LogP contribution in [-0.4, -0.2) is 21.4 Å². The number of fused-ring (bicyclic) bond motifs is 1. The molecule has 1 N–H and O–H groups in total. The molecule has 0 aliphatic heterocycles. The Hall–Kier alpha value is -3.10. The SMILES string of the molecule is CNc1c(-c2ccc(C#Cc3ccccc3)s2)nc2cnccn12. The molecule has 4 nitrogen and oxygen atoms in total. The van der Waals surface area contributed by atoms with Crippen molar-refractivity contribution < 1.29 is 0 Å². The molecule has 0 atom stereocenters. The van der Waals surface area contributed by atoms with Crippen molar-refractivity contribution in [2.24, 2.45) is 0 Å². The van der Waals surface area contributed by atoms with Gasteiger partial charge in [0.25, 0.3) is 0 Å². The molecule has 0 fully saturated rings. The maximum atomic E-state index is 4.69. The molecule has 0 aliphatic carbocycles. The number of thiophene rings is 1. The molecule has 5 heteroatoms. The Labute approximate surface area is 143 Å². The number of imidazole rings is 1. The van der Waals surface area contributed by atoms with Crippen LogP contribution >= 0.6 is 11.3 Å². The van der Waals surface area contributed by atoms with Gasteiger partial charge in [0.2, 0.25) is 0 Å². The fraction of sp³-hybridized carbons (Fsp3) is 0.0526. The van der Waals surface area contributed by atoms with Gasteiger partial charge in [-0.15, -0.1) is 11.3 Å². The van der Waals surface area contributed by atoms with Crippen LogP contribution in [0.4, 0.5) is 5.82 Å². The summed E-state index contributed by atoms with van der Waals surface area (Å²) in [5, 5.41) is 3.23. The van der Waals surface area contributed by atoms with E-state index in [1.165, 1.54) is 0 Å². The Bertz CT molecular complexity index is 1050. The molecule has 0 amide bonds. The third-order valence-electron chi connectivity index (χ3n) is 3.61. The highest BCUT2D eigenvalue weighted by Gasteiger charge is 2.14. The van der Waals surface area contributed by atoms with Crippen LogP contribution in [0.3, 0.4) is 0 Å². The van der Waals surface area contributed by atoms with Gasteiger partial charge in [-0.1, -0.05) is 30.0 Å². The Morgan fingerprint density at radius 3 is 2.79 bits per heavy atom. The second kappa shape index (κ2) is 6.19. The van der Waals surface area contributed by atoms with Crippen LogP contribution in [0.2, 0.25) is 0 Å². The fourth-order valence-corrected chi connectivity index (χ4v) is 3.36. The van der Waals surface area contributed by atoms with Gasteiger partial charge in [0.15, 0.2) is 5.65 Å². The maximum absolute atomic E-state index is 4.69. The topological polar surface area (TPSA) is 42.2 Å². The number of rotatable bonds is 2. The number of nitrogens with one attached hydrogen (secondary N) is 1. The zero-order chi connectivity index (χ0) is 16.4. The second-order valence-electron chi connectivity index (χ2n) is 5.14. The van der Waals surface area contributed by atoms with Crippen LogP contribution in [-0.2, 0) is 0 Å². The second-order valence-corrected chi connectivity index (χ2v) is 6.23. The zero-order valence-electron chi connectivity index (χ0n) is 13.0. The van der Waals surface area contributed by atoms with E-state index >= 15 is 0 Å². The quantitative estimate of drug-likeness (QED) is 0.567. The van der Waals surface area contributed by atoms with E-state index in [2.05, 4.69) is 33.2 Å². The molecule has 0 aliphatic rings. The summed E-state index contributed by atoms with van der Waals surface area (Å²) < 4.78 is 2.00. The van der Waals surface area contributed by atoms with Gasteiger partial charge in [-0.2, -0.15) is 0 Å². The predicted octanol–water partition coefficient (Wildman–Crippen LogP) is 3.90. The first-order chi connectivity index (χ1) is 11.8. The molecule has 0 radical (unpaired) electrons. The van der Waals surface area contributed by atoms with E-state index in [0.29, 0.717) is 0 Å². The molecule has 0 saturated carbocycles. The van der Waals surface area contributed by atoms with Crippen LogP contribution in [0, 0.1) is 11.8 Å². The number of benzene rings is 1. The smallest absolute Gasteiger partial charge is 0.157 e. The number of aromatic nitrogens is 3. The minimum Gasteiger partial charge on any atom is -0.372 e. The van der Waals surface area contributed by atoms with Gasteiger partial charge in [-0.3, -0.25) is 9.38 Å². The highest BCUT2D eigenvalue weighted by atomic mass is 32.1. The fourth-order valence-electron chi connectivity index (χ4n) is 2.51. The number of hydrogen-bond acceptors (Lipinski definition) is 4. The molecule has 0 saturated heterocycles. The predicted molar refractivity (Wildman–Crippen MR) is 98.3 cm³/mol. The molecule has 3 aromatic heterocycles. The van der Waals surface area contributed by atoms with Gasteiger partial charge >= 0.3 is 0 Å². The van der Waals surface area contributed by atoms with E-state index in [4.69, 9.17) is 0 Å². The van der Waals surface area contributed by atoms with Crippen molar-refractivity contribution in [3.05, 3.63) is 71.5 Å². The van der Waals surface area contributed by atoms with Crippen molar-refractivity contribution >= 4 is 22.8 Å². The Kier molecular flexibility index (Phi) is 3.73. The molecule has 116 valence electrons.